The fourth-order valence-corrected chi connectivity index (χ4v) is 4.27. The van der Waals surface area contributed by atoms with E-state index in [4.69, 9.17) is 14.6 Å². The van der Waals surface area contributed by atoms with Gasteiger partial charge in [0.2, 0.25) is 10.0 Å². The van der Waals surface area contributed by atoms with Gasteiger partial charge in [-0.25, -0.2) is 8.42 Å². The minimum absolute atomic E-state index is 0.143. The van der Waals surface area contributed by atoms with Gasteiger partial charge in [0.05, 0.1) is 18.1 Å². The predicted molar refractivity (Wildman–Crippen MR) is 96.2 cm³/mol. The molecule has 0 aromatic heterocycles. The third kappa shape index (κ3) is 4.46. The van der Waals surface area contributed by atoms with E-state index < -0.39 is 22.0 Å². The third-order valence-corrected chi connectivity index (χ3v) is 6.23. The summed E-state index contributed by atoms with van der Waals surface area (Å²) in [7, 11) is -3.68. The summed E-state index contributed by atoms with van der Waals surface area (Å²) in [4.78, 5) is 13.0. The van der Waals surface area contributed by atoms with Crippen molar-refractivity contribution in [2.24, 2.45) is 0 Å². The van der Waals surface area contributed by atoms with Gasteiger partial charge in [-0.15, -0.1) is 0 Å². The Labute approximate surface area is 154 Å². The maximum atomic E-state index is 12.9. The molecule has 0 saturated carbocycles. The van der Waals surface area contributed by atoms with Gasteiger partial charge >= 0.3 is 5.97 Å². The molecule has 9 heteroatoms. The van der Waals surface area contributed by atoms with Crippen molar-refractivity contribution in [1.82, 2.24) is 9.21 Å². The smallest absolute Gasteiger partial charge is 0.320 e. The first-order valence-corrected chi connectivity index (χ1v) is 10.1. The average molecular weight is 386 g/mol. The van der Waals surface area contributed by atoms with Crippen LogP contribution in [0.25, 0.3) is 0 Å². The molecule has 1 saturated heterocycles. The Morgan fingerprint density at radius 2 is 1.69 bits per heavy atom. The number of hydrogen-bond donors (Lipinski definition) is 1. The standard InChI is InChI=1S/C17H26N2O6S/c1-4-24-15-7-6-14(12-16(15)25-5-2)26(22,23)19-10-8-18(9-11-19)13(3)17(20)21/h6-7,12-13H,4-5,8-11H2,1-3H3,(H,20,21)/t13-/m0/s1. The lowest BCUT2D eigenvalue weighted by atomic mass is 10.2. The number of aliphatic carboxylic acids is 1. The molecule has 0 bridgehead atoms. The number of benzene rings is 1. The highest BCUT2D eigenvalue weighted by molar-refractivity contribution is 7.89. The first-order chi connectivity index (χ1) is 12.3. The highest BCUT2D eigenvalue weighted by Crippen LogP contribution is 2.31. The molecule has 1 atom stereocenters. The van der Waals surface area contributed by atoms with Crippen molar-refractivity contribution in [2.75, 3.05) is 39.4 Å². The summed E-state index contributed by atoms with van der Waals surface area (Å²) in [6.45, 7) is 7.37. The van der Waals surface area contributed by atoms with E-state index in [1.165, 1.54) is 16.4 Å². The maximum Gasteiger partial charge on any atom is 0.320 e. The largest absolute Gasteiger partial charge is 0.490 e. The summed E-state index contributed by atoms with van der Waals surface area (Å²) in [6.07, 6.45) is 0. The van der Waals surface area contributed by atoms with Crippen LogP contribution in [0.15, 0.2) is 23.1 Å². The summed E-state index contributed by atoms with van der Waals surface area (Å²) < 4.78 is 38.2. The van der Waals surface area contributed by atoms with E-state index in [-0.39, 0.29) is 18.0 Å². The molecule has 0 aliphatic carbocycles. The Morgan fingerprint density at radius 1 is 1.12 bits per heavy atom. The van der Waals surface area contributed by atoms with Gasteiger partial charge < -0.3 is 14.6 Å². The lowest BCUT2D eigenvalue weighted by Gasteiger charge is -2.35. The fraction of sp³-hybridized carbons (Fsp3) is 0.588. The van der Waals surface area contributed by atoms with Crippen molar-refractivity contribution in [3.63, 3.8) is 0 Å². The molecule has 1 aromatic carbocycles. The molecule has 1 aliphatic heterocycles. The first kappa shape index (κ1) is 20.5. The van der Waals surface area contributed by atoms with E-state index in [1.54, 1.807) is 17.9 Å². The van der Waals surface area contributed by atoms with Crippen molar-refractivity contribution < 1.29 is 27.8 Å². The highest BCUT2D eigenvalue weighted by atomic mass is 32.2. The Bertz CT molecular complexity index is 729. The zero-order valence-electron chi connectivity index (χ0n) is 15.3. The molecule has 146 valence electrons. The van der Waals surface area contributed by atoms with Gasteiger partial charge in [0.15, 0.2) is 11.5 Å². The Kier molecular flexibility index (Phi) is 6.85. The summed E-state index contributed by atoms with van der Waals surface area (Å²) in [6, 6.07) is 3.96. The number of piperazine rings is 1. The second-order valence-corrected chi connectivity index (χ2v) is 7.87. The Hall–Kier alpha value is -1.84. The number of carboxylic acids is 1. The highest BCUT2D eigenvalue weighted by Gasteiger charge is 2.32. The fourth-order valence-electron chi connectivity index (χ4n) is 2.83. The van der Waals surface area contributed by atoms with Crippen molar-refractivity contribution >= 4 is 16.0 Å². The van der Waals surface area contributed by atoms with Crippen LogP contribution in [0.1, 0.15) is 20.8 Å². The van der Waals surface area contributed by atoms with Gasteiger partial charge in [-0.2, -0.15) is 4.31 Å². The van der Waals surface area contributed by atoms with E-state index in [9.17, 15) is 13.2 Å². The van der Waals surface area contributed by atoms with Crippen LogP contribution in [0, 0.1) is 0 Å². The predicted octanol–water partition coefficient (Wildman–Crippen LogP) is 1.26. The quantitative estimate of drug-likeness (QED) is 0.718. The molecule has 1 fully saturated rings. The molecule has 1 heterocycles. The van der Waals surface area contributed by atoms with E-state index >= 15 is 0 Å². The number of hydrogen-bond acceptors (Lipinski definition) is 6. The van der Waals surface area contributed by atoms with Crippen molar-refractivity contribution in [1.29, 1.82) is 0 Å². The van der Waals surface area contributed by atoms with Crippen LogP contribution in [0.3, 0.4) is 0 Å². The van der Waals surface area contributed by atoms with E-state index in [0.717, 1.165) is 0 Å². The van der Waals surface area contributed by atoms with Gasteiger partial charge in [0.1, 0.15) is 6.04 Å². The number of sulfonamides is 1. The molecule has 0 spiro atoms. The summed E-state index contributed by atoms with van der Waals surface area (Å²) in [5.74, 6) is -0.00358. The summed E-state index contributed by atoms with van der Waals surface area (Å²) >= 11 is 0. The number of carbonyl (C=O) groups is 1. The zero-order chi connectivity index (χ0) is 19.3. The molecule has 1 N–H and O–H groups in total. The Balaban J connectivity index is 2.17. The van der Waals surface area contributed by atoms with Crippen molar-refractivity contribution in [3.05, 3.63) is 18.2 Å². The molecular weight excluding hydrogens is 360 g/mol. The van der Waals surface area contributed by atoms with Gasteiger partial charge in [-0.3, -0.25) is 9.69 Å². The van der Waals surface area contributed by atoms with Crippen LogP contribution in [0.5, 0.6) is 11.5 Å². The van der Waals surface area contributed by atoms with Crippen LogP contribution < -0.4 is 9.47 Å². The number of carboxylic acid groups (broad SMARTS) is 1. The summed E-state index contributed by atoms with van der Waals surface area (Å²) in [5, 5.41) is 9.09. The molecule has 1 aromatic rings. The summed E-state index contributed by atoms with van der Waals surface area (Å²) in [5.41, 5.74) is 0. The SMILES string of the molecule is CCOc1ccc(S(=O)(=O)N2CCN([C@@H](C)C(=O)O)CC2)cc1OCC. The lowest BCUT2D eigenvalue weighted by Crippen LogP contribution is -2.53. The van der Waals surface area contributed by atoms with Gasteiger partial charge in [0.25, 0.3) is 0 Å². The molecule has 0 unspecified atom stereocenters. The number of nitrogens with zero attached hydrogens (tertiary/aromatic N) is 2. The minimum atomic E-state index is -3.68. The molecule has 2 rings (SSSR count). The molecular formula is C17H26N2O6S. The van der Waals surface area contributed by atoms with Crippen LogP contribution in [0.4, 0.5) is 0 Å². The van der Waals surface area contributed by atoms with Crippen LogP contribution in [-0.2, 0) is 14.8 Å². The molecule has 1 aliphatic rings. The second-order valence-electron chi connectivity index (χ2n) is 5.93. The van der Waals surface area contributed by atoms with E-state index in [0.29, 0.717) is 37.8 Å². The zero-order valence-corrected chi connectivity index (χ0v) is 16.2. The van der Waals surface area contributed by atoms with E-state index in [1.807, 2.05) is 13.8 Å². The Morgan fingerprint density at radius 3 is 2.23 bits per heavy atom. The lowest BCUT2D eigenvalue weighted by molar-refractivity contribution is -0.143. The third-order valence-electron chi connectivity index (χ3n) is 4.33. The monoisotopic (exact) mass is 386 g/mol. The van der Waals surface area contributed by atoms with Gasteiger partial charge in [-0.05, 0) is 32.9 Å². The average Bonchev–Trinajstić information content (AvgIpc) is 2.63. The maximum absolute atomic E-state index is 12.9. The molecule has 8 nitrogen and oxygen atoms in total. The first-order valence-electron chi connectivity index (χ1n) is 8.67. The minimum Gasteiger partial charge on any atom is -0.490 e. The van der Waals surface area contributed by atoms with Crippen molar-refractivity contribution in [3.8, 4) is 11.5 Å². The molecule has 0 radical (unpaired) electrons. The van der Waals surface area contributed by atoms with Crippen LogP contribution in [-0.4, -0.2) is 74.1 Å². The number of ether oxygens (including phenoxy) is 2. The topological polar surface area (TPSA) is 96.4 Å². The second kappa shape index (κ2) is 8.70. The normalized spacial score (nSPS) is 17.7. The van der Waals surface area contributed by atoms with Crippen LogP contribution >= 0.6 is 0 Å². The van der Waals surface area contributed by atoms with Crippen molar-refractivity contribution in [2.45, 2.75) is 31.7 Å². The van der Waals surface area contributed by atoms with Gasteiger partial charge in [0, 0.05) is 32.2 Å². The van der Waals surface area contributed by atoms with Gasteiger partial charge in [-0.1, -0.05) is 0 Å². The molecule has 26 heavy (non-hydrogen) atoms. The van der Waals surface area contributed by atoms with E-state index in [2.05, 4.69) is 0 Å². The molecule has 0 amide bonds. The van der Waals surface area contributed by atoms with Crippen LogP contribution in [0.2, 0.25) is 0 Å². The number of rotatable bonds is 8.